The van der Waals surface area contributed by atoms with Gasteiger partial charge in [-0.3, -0.25) is 4.79 Å². The summed E-state index contributed by atoms with van der Waals surface area (Å²) in [6, 6.07) is 8.50. The van der Waals surface area contributed by atoms with Crippen molar-refractivity contribution < 1.29 is 13.2 Å². The number of amides is 1. The highest BCUT2D eigenvalue weighted by atomic mass is 32.2. The average molecular weight is 311 g/mol. The number of nitrogens with one attached hydrogen (secondary N) is 1. The zero-order valence-corrected chi connectivity index (χ0v) is 14.0. The van der Waals surface area contributed by atoms with Gasteiger partial charge in [0.15, 0.2) is 9.84 Å². The van der Waals surface area contributed by atoms with Crippen LogP contribution in [0.4, 0.5) is 0 Å². The maximum atomic E-state index is 12.7. The lowest BCUT2D eigenvalue weighted by Crippen LogP contribution is -2.48. The lowest BCUT2D eigenvalue weighted by atomic mass is 9.88. The summed E-state index contributed by atoms with van der Waals surface area (Å²) in [5.41, 5.74) is 0. The van der Waals surface area contributed by atoms with Crippen LogP contribution < -0.4 is 5.32 Å². The Hall–Kier alpha value is -1.36. The maximum absolute atomic E-state index is 12.7. The summed E-state index contributed by atoms with van der Waals surface area (Å²) in [4.78, 5) is 11.5. The summed E-state index contributed by atoms with van der Waals surface area (Å²) in [6.07, 6.45) is 1.02. The average Bonchev–Trinajstić information content (AvgIpc) is 2.50. The molecule has 1 aliphatic heterocycles. The van der Waals surface area contributed by atoms with Crippen molar-refractivity contribution in [2.75, 3.05) is 6.54 Å². The van der Waals surface area contributed by atoms with Crippen LogP contribution in [0.15, 0.2) is 35.2 Å². The molecule has 0 saturated carbocycles. The van der Waals surface area contributed by atoms with E-state index in [1.807, 2.05) is 13.8 Å². The molecule has 2 rings (SSSR count). The molecule has 0 aliphatic carbocycles. The van der Waals surface area contributed by atoms with Gasteiger partial charge in [0.1, 0.15) is 0 Å². The Morgan fingerprint density at radius 1 is 1.14 bits per heavy atom. The molecule has 1 N–H and O–H groups in total. The molecule has 1 atom stereocenters. The smallest absolute Gasteiger partial charge is 0.220 e. The van der Waals surface area contributed by atoms with Crippen LogP contribution in [0.5, 0.6) is 0 Å². The van der Waals surface area contributed by atoms with E-state index in [2.05, 4.69) is 5.32 Å². The van der Waals surface area contributed by atoms with E-state index in [-0.39, 0.29) is 11.8 Å². The lowest BCUT2D eigenvalue weighted by molar-refractivity contribution is -0.123. The zero-order chi connectivity index (χ0) is 16.1. The summed E-state index contributed by atoms with van der Waals surface area (Å²) >= 11 is 0. The molecule has 0 aromatic heterocycles. The van der Waals surface area contributed by atoms with E-state index in [9.17, 15) is 13.2 Å². The van der Waals surface area contributed by atoms with Crippen LogP contribution in [0.1, 0.15) is 40.5 Å². The third-order valence-corrected chi connectivity index (χ3v) is 6.61. The second kappa shape index (κ2) is 7.07. The van der Waals surface area contributed by atoms with Gasteiger partial charge in [0.05, 0.1) is 9.64 Å². The number of benzene rings is 1. The lowest BCUT2D eigenvalue weighted by Gasteiger charge is -2.36. The summed E-state index contributed by atoms with van der Waals surface area (Å²) in [7, 11) is -3.41. The Labute approximate surface area is 127 Å². The molecule has 1 aromatic carbocycles. The molecule has 0 spiro atoms. The van der Waals surface area contributed by atoms with Crippen LogP contribution in [0.3, 0.4) is 0 Å². The third-order valence-electron chi connectivity index (χ3n) is 3.99. The number of sulfone groups is 1. The molecule has 1 fully saturated rings. The first kappa shape index (κ1) is 17.7. The van der Waals surface area contributed by atoms with Gasteiger partial charge in [-0.15, -0.1) is 0 Å². The van der Waals surface area contributed by atoms with Gasteiger partial charge in [-0.05, 0) is 38.3 Å². The standard InChI is InChI=1S/C14H19NO3S.C2H6/c1-14(2,11-8-9-13(16)15-10-11)19(17,18)12-6-4-3-5-7-12;1-2/h3-7,11H,8-10H2,1-2H3,(H,15,16);1-2H3. The van der Waals surface area contributed by atoms with Gasteiger partial charge in [0.25, 0.3) is 0 Å². The number of hydrogen-bond donors (Lipinski definition) is 1. The van der Waals surface area contributed by atoms with Gasteiger partial charge in [0.2, 0.25) is 5.91 Å². The SMILES string of the molecule is CC.CC(C)(C1CCC(=O)NC1)S(=O)(=O)c1ccccc1. The number of rotatable bonds is 3. The van der Waals surface area contributed by atoms with Gasteiger partial charge in [-0.25, -0.2) is 8.42 Å². The van der Waals surface area contributed by atoms with Crippen molar-refractivity contribution in [1.82, 2.24) is 5.32 Å². The van der Waals surface area contributed by atoms with Gasteiger partial charge >= 0.3 is 0 Å². The first-order chi connectivity index (χ1) is 9.85. The first-order valence-corrected chi connectivity index (χ1v) is 8.90. The Morgan fingerprint density at radius 3 is 2.19 bits per heavy atom. The molecule has 5 heteroatoms. The number of piperidine rings is 1. The second-order valence-corrected chi connectivity index (χ2v) is 7.99. The minimum Gasteiger partial charge on any atom is -0.356 e. The Balaban J connectivity index is 0.00000106. The van der Waals surface area contributed by atoms with Crippen LogP contribution in [0, 0.1) is 5.92 Å². The van der Waals surface area contributed by atoms with Crippen molar-refractivity contribution in [2.45, 2.75) is 50.2 Å². The summed E-state index contributed by atoms with van der Waals surface area (Å²) in [5, 5.41) is 2.76. The van der Waals surface area contributed by atoms with Crippen molar-refractivity contribution >= 4 is 15.7 Å². The van der Waals surface area contributed by atoms with Crippen LogP contribution in [0.2, 0.25) is 0 Å². The highest BCUT2D eigenvalue weighted by Crippen LogP contribution is 2.35. The fourth-order valence-corrected chi connectivity index (χ4v) is 4.21. The Kier molecular flexibility index (Phi) is 5.96. The normalized spacial score (nSPS) is 19.2. The van der Waals surface area contributed by atoms with Gasteiger partial charge in [-0.2, -0.15) is 0 Å². The molecule has 1 amide bonds. The third kappa shape index (κ3) is 3.64. The van der Waals surface area contributed by atoms with Gasteiger partial charge in [0, 0.05) is 13.0 Å². The molecule has 1 saturated heterocycles. The molecule has 118 valence electrons. The quantitative estimate of drug-likeness (QED) is 0.933. The van der Waals surface area contributed by atoms with Crippen LogP contribution >= 0.6 is 0 Å². The molecular formula is C16H25NO3S. The zero-order valence-electron chi connectivity index (χ0n) is 13.2. The topological polar surface area (TPSA) is 63.2 Å². The van der Waals surface area contributed by atoms with Crippen molar-refractivity contribution in [3.05, 3.63) is 30.3 Å². The molecular weight excluding hydrogens is 286 g/mol. The predicted octanol–water partition coefficient (Wildman–Crippen LogP) is 2.79. The van der Waals surface area contributed by atoms with Crippen molar-refractivity contribution in [3.63, 3.8) is 0 Å². The molecule has 1 unspecified atom stereocenters. The minimum atomic E-state index is -3.41. The van der Waals surface area contributed by atoms with E-state index < -0.39 is 14.6 Å². The van der Waals surface area contributed by atoms with E-state index in [4.69, 9.17) is 0 Å². The van der Waals surface area contributed by atoms with Crippen LogP contribution in [-0.4, -0.2) is 25.6 Å². The summed E-state index contributed by atoms with van der Waals surface area (Å²) in [6.45, 7) is 7.92. The highest BCUT2D eigenvalue weighted by Gasteiger charge is 2.43. The second-order valence-electron chi connectivity index (χ2n) is 5.46. The van der Waals surface area contributed by atoms with Crippen LogP contribution in [0.25, 0.3) is 0 Å². The van der Waals surface area contributed by atoms with E-state index in [1.54, 1.807) is 44.2 Å². The number of carbonyl (C=O) groups is 1. The largest absolute Gasteiger partial charge is 0.356 e. The Bertz CT molecular complexity index is 554. The first-order valence-electron chi connectivity index (χ1n) is 7.42. The fourth-order valence-electron chi connectivity index (χ4n) is 2.45. The van der Waals surface area contributed by atoms with E-state index in [0.717, 1.165) is 0 Å². The van der Waals surface area contributed by atoms with Crippen LogP contribution in [-0.2, 0) is 14.6 Å². The van der Waals surface area contributed by atoms with Crippen molar-refractivity contribution in [1.29, 1.82) is 0 Å². The summed E-state index contributed by atoms with van der Waals surface area (Å²) in [5.74, 6) is -0.0560. The molecule has 4 nitrogen and oxygen atoms in total. The molecule has 1 aliphatic rings. The van der Waals surface area contributed by atoms with Crippen molar-refractivity contribution in [3.8, 4) is 0 Å². The summed E-state index contributed by atoms with van der Waals surface area (Å²) < 4.78 is 24.6. The van der Waals surface area contributed by atoms with Crippen molar-refractivity contribution in [2.24, 2.45) is 5.92 Å². The van der Waals surface area contributed by atoms with E-state index >= 15 is 0 Å². The molecule has 0 radical (unpaired) electrons. The highest BCUT2D eigenvalue weighted by molar-refractivity contribution is 7.92. The monoisotopic (exact) mass is 311 g/mol. The molecule has 0 bridgehead atoms. The molecule has 1 aromatic rings. The number of hydrogen-bond acceptors (Lipinski definition) is 3. The minimum absolute atomic E-state index is 0.00385. The maximum Gasteiger partial charge on any atom is 0.220 e. The van der Waals surface area contributed by atoms with Gasteiger partial charge < -0.3 is 5.32 Å². The number of carbonyl (C=O) groups excluding carboxylic acids is 1. The molecule has 21 heavy (non-hydrogen) atoms. The fraction of sp³-hybridized carbons (Fsp3) is 0.562. The molecule has 1 heterocycles. The Morgan fingerprint density at radius 2 is 1.71 bits per heavy atom. The van der Waals surface area contributed by atoms with E-state index in [1.165, 1.54) is 0 Å². The van der Waals surface area contributed by atoms with Gasteiger partial charge in [-0.1, -0.05) is 32.0 Å². The van der Waals surface area contributed by atoms with E-state index in [0.29, 0.717) is 24.3 Å². The predicted molar refractivity (Wildman–Crippen MR) is 84.8 cm³/mol.